The number of aryl methyl sites for hydroxylation is 1. The van der Waals surface area contributed by atoms with Crippen LogP contribution in [-0.2, 0) is 16.0 Å². The van der Waals surface area contributed by atoms with Crippen LogP contribution in [0.15, 0.2) is 0 Å². The van der Waals surface area contributed by atoms with E-state index in [1.54, 1.807) is 6.92 Å². The predicted octanol–water partition coefficient (Wildman–Crippen LogP) is 2.33. The van der Waals surface area contributed by atoms with Crippen LogP contribution in [0.1, 0.15) is 47.1 Å². The molecule has 1 fully saturated rings. The molecule has 6 heteroatoms. The molecule has 1 saturated carbocycles. The van der Waals surface area contributed by atoms with Crippen LogP contribution in [0, 0.1) is 18.8 Å². The highest BCUT2D eigenvalue weighted by Gasteiger charge is 2.32. The van der Waals surface area contributed by atoms with Crippen LogP contribution in [0.5, 0.6) is 0 Å². The first-order valence-electron chi connectivity index (χ1n) is 7.44. The van der Waals surface area contributed by atoms with Gasteiger partial charge in [0.1, 0.15) is 0 Å². The SMILES string of the molecule is CCOC(=O)c1nc(CCNC(=O)C(C)C2CC2)sc1C. The molecule has 0 bridgehead atoms. The summed E-state index contributed by atoms with van der Waals surface area (Å²) in [6, 6.07) is 0. The molecule has 1 heterocycles. The normalized spacial score (nSPS) is 15.6. The van der Waals surface area contributed by atoms with Crippen LogP contribution in [0.25, 0.3) is 0 Å². The fourth-order valence-corrected chi connectivity index (χ4v) is 3.13. The number of nitrogens with one attached hydrogen (secondary N) is 1. The van der Waals surface area contributed by atoms with E-state index in [4.69, 9.17) is 4.74 Å². The molecule has 0 saturated heterocycles. The van der Waals surface area contributed by atoms with E-state index in [-0.39, 0.29) is 17.8 Å². The molecular formula is C15H22N2O3S. The van der Waals surface area contributed by atoms with Gasteiger partial charge in [-0.3, -0.25) is 4.79 Å². The van der Waals surface area contributed by atoms with Crippen LogP contribution >= 0.6 is 11.3 Å². The number of nitrogens with zero attached hydrogens (tertiary/aromatic N) is 1. The van der Waals surface area contributed by atoms with Crippen LogP contribution in [0.2, 0.25) is 0 Å². The molecule has 0 aromatic carbocycles. The van der Waals surface area contributed by atoms with Gasteiger partial charge in [-0.2, -0.15) is 0 Å². The number of amides is 1. The first-order valence-corrected chi connectivity index (χ1v) is 8.25. The summed E-state index contributed by atoms with van der Waals surface area (Å²) in [5, 5.41) is 3.80. The van der Waals surface area contributed by atoms with E-state index in [2.05, 4.69) is 10.3 Å². The van der Waals surface area contributed by atoms with Gasteiger partial charge in [0.05, 0.1) is 11.6 Å². The standard InChI is InChI=1S/C15H22N2O3S/c1-4-20-15(19)13-10(3)21-12(17-13)7-8-16-14(18)9(2)11-5-6-11/h9,11H,4-8H2,1-3H3,(H,16,18). The van der Waals surface area contributed by atoms with Gasteiger partial charge in [-0.1, -0.05) is 6.92 Å². The molecule has 1 atom stereocenters. The second-order valence-corrected chi connectivity index (χ2v) is 6.69. The number of hydrogen-bond acceptors (Lipinski definition) is 5. The summed E-state index contributed by atoms with van der Waals surface area (Å²) in [6.45, 7) is 6.53. The number of carbonyl (C=O) groups excluding carboxylic acids is 2. The van der Waals surface area contributed by atoms with Gasteiger partial charge in [0.15, 0.2) is 5.69 Å². The Morgan fingerprint density at radius 2 is 2.19 bits per heavy atom. The fraction of sp³-hybridized carbons (Fsp3) is 0.667. The molecule has 1 aromatic rings. The van der Waals surface area contributed by atoms with Crippen LogP contribution in [-0.4, -0.2) is 30.0 Å². The lowest BCUT2D eigenvalue weighted by Crippen LogP contribution is -2.31. The summed E-state index contributed by atoms with van der Waals surface area (Å²) in [7, 11) is 0. The summed E-state index contributed by atoms with van der Waals surface area (Å²) >= 11 is 1.48. The smallest absolute Gasteiger partial charge is 0.358 e. The highest BCUT2D eigenvalue weighted by molar-refractivity contribution is 7.11. The number of aromatic nitrogens is 1. The van der Waals surface area contributed by atoms with Crippen molar-refractivity contribution in [3.05, 3.63) is 15.6 Å². The topological polar surface area (TPSA) is 68.3 Å². The van der Waals surface area contributed by atoms with Crippen molar-refractivity contribution in [2.24, 2.45) is 11.8 Å². The molecule has 0 spiro atoms. The number of carbonyl (C=O) groups is 2. The summed E-state index contributed by atoms with van der Waals surface area (Å²) in [5.74, 6) is 0.431. The van der Waals surface area contributed by atoms with Gasteiger partial charge < -0.3 is 10.1 Å². The van der Waals surface area contributed by atoms with Crippen LogP contribution in [0.4, 0.5) is 0 Å². The van der Waals surface area contributed by atoms with E-state index in [0.29, 0.717) is 31.2 Å². The summed E-state index contributed by atoms with van der Waals surface area (Å²) in [4.78, 5) is 28.7. The first kappa shape index (κ1) is 15.9. The Bertz CT molecular complexity index is 523. The van der Waals surface area contributed by atoms with E-state index in [0.717, 1.165) is 9.88 Å². The lowest BCUT2D eigenvalue weighted by Gasteiger charge is -2.10. The van der Waals surface area contributed by atoms with Gasteiger partial charge in [0.25, 0.3) is 0 Å². The van der Waals surface area contributed by atoms with Crippen LogP contribution < -0.4 is 5.32 Å². The Morgan fingerprint density at radius 1 is 1.48 bits per heavy atom. The van der Waals surface area contributed by atoms with Crippen molar-refractivity contribution in [3.8, 4) is 0 Å². The second kappa shape index (κ2) is 7.02. The Balaban J connectivity index is 1.82. The Kier molecular flexibility index (Phi) is 5.33. The minimum Gasteiger partial charge on any atom is -0.461 e. The maximum Gasteiger partial charge on any atom is 0.358 e. The van der Waals surface area contributed by atoms with Gasteiger partial charge in [-0.15, -0.1) is 11.3 Å². The molecule has 1 N–H and O–H groups in total. The molecule has 1 aliphatic carbocycles. The molecule has 1 amide bonds. The highest BCUT2D eigenvalue weighted by Crippen LogP contribution is 2.36. The van der Waals surface area contributed by atoms with E-state index < -0.39 is 0 Å². The third-order valence-electron chi connectivity index (χ3n) is 3.69. The van der Waals surface area contributed by atoms with Crippen molar-refractivity contribution in [2.45, 2.75) is 40.0 Å². The summed E-state index contributed by atoms with van der Waals surface area (Å²) < 4.78 is 4.97. The Labute approximate surface area is 129 Å². The van der Waals surface area contributed by atoms with E-state index >= 15 is 0 Å². The number of hydrogen-bond donors (Lipinski definition) is 1. The molecule has 116 valence electrons. The third-order valence-corrected chi connectivity index (χ3v) is 4.72. The maximum absolute atomic E-state index is 11.9. The number of rotatable bonds is 7. The molecule has 21 heavy (non-hydrogen) atoms. The number of ether oxygens (including phenoxy) is 1. The van der Waals surface area contributed by atoms with Gasteiger partial charge in [0.2, 0.25) is 5.91 Å². The van der Waals surface area contributed by atoms with Crippen molar-refractivity contribution >= 4 is 23.2 Å². The average Bonchev–Trinajstić information content (AvgIpc) is 3.22. The maximum atomic E-state index is 11.9. The molecule has 2 rings (SSSR count). The summed E-state index contributed by atoms with van der Waals surface area (Å²) in [6.07, 6.45) is 2.99. The minimum absolute atomic E-state index is 0.109. The molecule has 1 aromatic heterocycles. The zero-order valence-electron chi connectivity index (χ0n) is 12.8. The molecular weight excluding hydrogens is 288 g/mol. The quantitative estimate of drug-likeness (QED) is 0.785. The lowest BCUT2D eigenvalue weighted by atomic mass is 10.1. The Hall–Kier alpha value is -1.43. The summed E-state index contributed by atoms with van der Waals surface area (Å²) in [5.41, 5.74) is 0.398. The minimum atomic E-state index is -0.371. The number of thiazole rings is 1. The van der Waals surface area contributed by atoms with Crippen molar-refractivity contribution in [2.75, 3.05) is 13.2 Å². The highest BCUT2D eigenvalue weighted by atomic mass is 32.1. The number of esters is 1. The first-order chi connectivity index (χ1) is 10.0. The van der Waals surface area contributed by atoms with E-state index in [9.17, 15) is 9.59 Å². The van der Waals surface area contributed by atoms with Gasteiger partial charge >= 0.3 is 5.97 Å². The van der Waals surface area contributed by atoms with Crippen molar-refractivity contribution in [1.29, 1.82) is 0 Å². The Morgan fingerprint density at radius 3 is 2.81 bits per heavy atom. The fourth-order valence-electron chi connectivity index (χ4n) is 2.21. The zero-order valence-corrected chi connectivity index (χ0v) is 13.6. The molecule has 1 unspecified atom stereocenters. The molecule has 0 aliphatic heterocycles. The average molecular weight is 310 g/mol. The van der Waals surface area contributed by atoms with E-state index in [1.165, 1.54) is 24.2 Å². The largest absolute Gasteiger partial charge is 0.461 e. The predicted molar refractivity (Wildman–Crippen MR) is 81.4 cm³/mol. The molecule has 5 nitrogen and oxygen atoms in total. The third kappa shape index (κ3) is 4.27. The molecule has 1 aliphatic rings. The van der Waals surface area contributed by atoms with Crippen molar-refractivity contribution < 1.29 is 14.3 Å². The van der Waals surface area contributed by atoms with Gasteiger partial charge in [-0.25, -0.2) is 9.78 Å². The molecule has 0 radical (unpaired) electrons. The zero-order chi connectivity index (χ0) is 15.4. The van der Waals surface area contributed by atoms with Crippen LogP contribution in [0.3, 0.4) is 0 Å². The van der Waals surface area contributed by atoms with E-state index in [1.807, 2.05) is 13.8 Å². The van der Waals surface area contributed by atoms with Gasteiger partial charge in [-0.05, 0) is 32.6 Å². The lowest BCUT2D eigenvalue weighted by molar-refractivity contribution is -0.125. The van der Waals surface area contributed by atoms with Crippen molar-refractivity contribution in [1.82, 2.24) is 10.3 Å². The second-order valence-electron chi connectivity index (χ2n) is 5.40. The van der Waals surface area contributed by atoms with Gasteiger partial charge in [0, 0.05) is 23.8 Å². The van der Waals surface area contributed by atoms with Crippen molar-refractivity contribution in [3.63, 3.8) is 0 Å². The monoisotopic (exact) mass is 310 g/mol.